The summed E-state index contributed by atoms with van der Waals surface area (Å²) >= 11 is 0. The maximum atomic E-state index is 12.3. The minimum atomic E-state index is 0.154. The summed E-state index contributed by atoms with van der Waals surface area (Å²) in [6.45, 7) is 6.13. The maximum absolute atomic E-state index is 12.3. The SMILES string of the molecule is CCc1cnc(N2CCO[C@H]3CN(C(=O)C4CC4)CC[C@H]3C2)nc1. The third-order valence-corrected chi connectivity index (χ3v) is 5.46. The van der Waals surface area contributed by atoms with Gasteiger partial charge in [0.1, 0.15) is 0 Å². The molecule has 0 unspecified atom stereocenters. The maximum Gasteiger partial charge on any atom is 0.225 e. The lowest BCUT2D eigenvalue weighted by Gasteiger charge is -2.38. The minimum absolute atomic E-state index is 0.154. The average Bonchev–Trinajstić information content (AvgIpc) is 3.47. The lowest BCUT2D eigenvalue weighted by molar-refractivity contribution is -0.138. The van der Waals surface area contributed by atoms with Crippen LogP contribution in [0.1, 0.15) is 31.7 Å². The largest absolute Gasteiger partial charge is 0.374 e. The van der Waals surface area contributed by atoms with E-state index in [-0.39, 0.29) is 6.10 Å². The van der Waals surface area contributed by atoms with Crippen molar-refractivity contribution in [2.24, 2.45) is 11.8 Å². The Balaban J connectivity index is 1.41. The smallest absolute Gasteiger partial charge is 0.225 e. The first-order valence-corrected chi connectivity index (χ1v) is 9.21. The Morgan fingerprint density at radius 2 is 2.00 bits per heavy atom. The number of ether oxygens (including phenoxy) is 1. The molecule has 24 heavy (non-hydrogen) atoms. The fourth-order valence-electron chi connectivity index (χ4n) is 3.72. The van der Waals surface area contributed by atoms with E-state index in [0.717, 1.165) is 63.4 Å². The van der Waals surface area contributed by atoms with Crippen LogP contribution >= 0.6 is 0 Å². The molecule has 6 nitrogen and oxygen atoms in total. The summed E-state index contributed by atoms with van der Waals surface area (Å²) in [6.07, 6.45) is 8.10. The highest BCUT2D eigenvalue weighted by Crippen LogP contribution is 2.33. The van der Waals surface area contributed by atoms with Gasteiger partial charge in [-0.05, 0) is 31.2 Å². The van der Waals surface area contributed by atoms with E-state index in [4.69, 9.17) is 4.74 Å². The number of anilines is 1. The summed E-state index contributed by atoms with van der Waals surface area (Å²) < 4.78 is 6.09. The zero-order valence-corrected chi connectivity index (χ0v) is 14.4. The molecule has 1 amide bonds. The van der Waals surface area contributed by atoms with Crippen LogP contribution in [0.2, 0.25) is 0 Å². The van der Waals surface area contributed by atoms with Crippen molar-refractivity contribution < 1.29 is 9.53 Å². The van der Waals surface area contributed by atoms with Crippen molar-refractivity contribution in [3.05, 3.63) is 18.0 Å². The van der Waals surface area contributed by atoms with Crippen LogP contribution in [-0.2, 0) is 16.0 Å². The van der Waals surface area contributed by atoms with E-state index in [1.54, 1.807) is 0 Å². The molecule has 6 heteroatoms. The number of piperidine rings is 1. The van der Waals surface area contributed by atoms with Crippen molar-refractivity contribution in [2.45, 2.75) is 38.7 Å². The van der Waals surface area contributed by atoms with Gasteiger partial charge in [0.25, 0.3) is 0 Å². The minimum Gasteiger partial charge on any atom is -0.374 e. The molecule has 3 fully saturated rings. The highest BCUT2D eigenvalue weighted by Gasteiger charge is 2.39. The molecule has 2 atom stereocenters. The number of carbonyl (C=O) groups excluding carboxylic acids is 1. The number of rotatable bonds is 3. The molecule has 0 bridgehead atoms. The van der Waals surface area contributed by atoms with Crippen LogP contribution in [0.5, 0.6) is 0 Å². The Morgan fingerprint density at radius 3 is 2.71 bits per heavy atom. The van der Waals surface area contributed by atoms with Gasteiger partial charge in [-0.3, -0.25) is 4.79 Å². The van der Waals surface area contributed by atoms with Gasteiger partial charge < -0.3 is 14.5 Å². The number of aryl methyl sites for hydroxylation is 1. The molecule has 3 aliphatic rings. The van der Waals surface area contributed by atoms with Crippen molar-refractivity contribution >= 4 is 11.9 Å². The molecule has 0 spiro atoms. The molecule has 1 aromatic rings. The van der Waals surface area contributed by atoms with Crippen LogP contribution in [0.25, 0.3) is 0 Å². The quantitative estimate of drug-likeness (QED) is 0.841. The fraction of sp³-hybridized carbons (Fsp3) is 0.722. The molecule has 2 saturated heterocycles. The van der Waals surface area contributed by atoms with Crippen LogP contribution in [0.15, 0.2) is 12.4 Å². The van der Waals surface area contributed by atoms with Crippen LogP contribution in [-0.4, -0.2) is 59.7 Å². The first-order chi connectivity index (χ1) is 11.7. The Hall–Kier alpha value is -1.69. The van der Waals surface area contributed by atoms with E-state index in [0.29, 0.717) is 24.3 Å². The van der Waals surface area contributed by atoms with E-state index in [9.17, 15) is 4.79 Å². The number of hydrogen-bond donors (Lipinski definition) is 0. The molecule has 0 aromatic carbocycles. The van der Waals surface area contributed by atoms with Crippen LogP contribution < -0.4 is 4.90 Å². The van der Waals surface area contributed by atoms with Gasteiger partial charge in [-0.15, -0.1) is 0 Å². The zero-order chi connectivity index (χ0) is 16.5. The Kier molecular flexibility index (Phi) is 4.39. The molecule has 130 valence electrons. The molecule has 1 saturated carbocycles. The molecule has 2 aliphatic heterocycles. The van der Waals surface area contributed by atoms with E-state index in [1.807, 2.05) is 17.3 Å². The summed E-state index contributed by atoms with van der Waals surface area (Å²) in [5.74, 6) is 1.89. The Labute approximate surface area is 143 Å². The van der Waals surface area contributed by atoms with Crippen molar-refractivity contribution in [3.8, 4) is 0 Å². The van der Waals surface area contributed by atoms with E-state index < -0.39 is 0 Å². The molecular formula is C18H26N4O2. The number of amides is 1. The third kappa shape index (κ3) is 3.24. The van der Waals surface area contributed by atoms with E-state index in [1.165, 1.54) is 0 Å². The highest BCUT2D eigenvalue weighted by atomic mass is 16.5. The molecule has 1 aromatic heterocycles. The summed E-state index contributed by atoms with van der Waals surface area (Å²) in [6, 6.07) is 0. The molecule has 0 N–H and O–H groups in total. The second-order valence-electron chi connectivity index (χ2n) is 7.21. The van der Waals surface area contributed by atoms with Gasteiger partial charge in [-0.2, -0.15) is 0 Å². The molecule has 3 heterocycles. The summed E-state index contributed by atoms with van der Waals surface area (Å²) in [5.41, 5.74) is 1.16. The molecule has 4 rings (SSSR count). The first kappa shape index (κ1) is 15.8. The topological polar surface area (TPSA) is 58.6 Å². The average molecular weight is 330 g/mol. The van der Waals surface area contributed by atoms with Crippen molar-refractivity contribution in [1.29, 1.82) is 0 Å². The van der Waals surface area contributed by atoms with E-state index >= 15 is 0 Å². The number of aromatic nitrogens is 2. The van der Waals surface area contributed by atoms with E-state index in [2.05, 4.69) is 21.8 Å². The third-order valence-electron chi connectivity index (χ3n) is 5.46. The number of likely N-dealkylation sites (tertiary alicyclic amines) is 1. The standard InChI is InChI=1S/C18H26N4O2/c1-2-13-9-19-18(20-10-13)22-7-8-24-16-12-21(6-5-15(16)11-22)17(23)14-3-4-14/h9-10,14-16H,2-8,11-12H2,1H3/t15-,16-/m0/s1. The summed E-state index contributed by atoms with van der Waals surface area (Å²) in [5, 5.41) is 0. The van der Waals surface area contributed by atoms with Gasteiger partial charge in [-0.1, -0.05) is 6.92 Å². The number of hydrogen-bond acceptors (Lipinski definition) is 5. The number of nitrogens with zero attached hydrogens (tertiary/aromatic N) is 4. The van der Waals surface area contributed by atoms with Crippen LogP contribution in [0, 0.1) is 11.8 Å². The zero-order valence-electron chi connectivity index (χ0n) is 14.4. The van der Waals surface area contributed by atoms with Crippen molar-refractivity contribution in [3.63, 3.8) is 0 Å². The lowest BCUT2D eigenvalue weighted by atomic mass is 9.93. The van der Waals surface area contributed by atoms with Gasteiger partial charge in [0.15, 0.2) is 0 Å². The molecular weight excluding hydrogens is 304 g/mol. The second kappa shape index (κ2) is 6.67. The van der Waals surface area contributed by atoms with Gasteiger partial charge in [0, 0.05) is 50.4 Å². The molecule has 0 radical (unpaired) electrons. The first-order valence-electron chi connectivity index (χ1n) is 9.21. The van der Waals surface area contributed by atoms with Gasteiger partial charge in [0.05, 0.1) is 12.7 Å². The van der Waals surface area contributed by atoms with Gasteiger partial charge in [-0.25, -0.2) is 9.97 Å². The lowest BCUT2D eigenvalue weighted by Crippen LogP contribution is -2.49. The monoisotopic (exact) mass is 330 g/mol. The normalized spacial score (nSPS) is 27.5. The van der Waals surface area contributed by atoms with Crippen molar-refractivity contribution in [1.82, 2.24) is 14.9 Å². The molecule has 1 aliphatic carbocycles. The van der Waals surface area contributed by atoms with Crippen molar-refractivity contribution in [2.75, 3.05) is 37.7 Å². The Morgan fingerprint density at radius 1 is 1.21 bits per heavy atom. The second-order valence-corrected chi connectivity index (χ2v) is 7.21. The Bertz CT molecular complexity index is 587. The summed E-state index contributed by atoms with van der Waals surface area (Å²) in [4.78, 5) is 25.6. The van der Waals surface area contributed by atoms with Gasteiger partial charge in [0.2, 0.25) is 11.9 Å². The van der Waals surface area contributed by atoms with Crippen LogP contribution in [0.3, 0.4) is 0 Å². The number of carbonyl (C=O) groups is 1. The number of fused-ring (bicyclic) bond motifs is 1. The highest BCUT2D eigenvalue weighted by molar-refractivity contribution is 5.81. The predicted molar refractivity (Wildman–Crippen MR) is 90.8 cm³/mol. The predicted octanol–water partition coefficient (Wildman–Crippen LogP) is 1.50. The fourth-order valence-corrected chi connectivity index (χ4v) is 3.72. The van der Waals surface area contributed by atoms with Crippen LogP contribution in [0.4, 0.5) is 5.95 Å². The summed E-state index contributed by atoms with van der Waals surface area (Å²) in [7, 11) is 0. The van der Waals surface area contributed by atoms with Gasteiger partial charge >= 0.3 is 0 Å².